The molecule has 7 nitrogen and oxygen atoms in total. The molecule has 0 saturated carbocycles. The van der Waals surface area contributed by atoms with Crippen LogP contribution in [0.15, 0.2) is 0 Å². The van der Waals surface area contributed by atoms with Crippen LogP contribution in [0.3, 0.4) is 0 Å². The van der Waals surface area contributed by atoms with Gasteiger partial charge < -0.3 is 24.1 Å². The van der Waals surface area contributed by atoms with Crippen molar-refractivity contribution in [3.8, 4) is 0 Å². The summed E-state index contributed by atoms with van der Waals surface area (Å²) in [6.07, 6.45) is -2.17. The molecule has 15 heavy (non-hydrogen) atoms. The van der Waals surface area contributed by atoms with Gasteiger partial charge in [0.2, 0.25) is 5.60 Å². The fourth-order valence-corrected chi connectivity index (χ4v) is 1.49. The molecule has 0 aliphatic carbocycles. The molecule has 2 rings (SSSR count). The van der Waals surface area contributed by atoms with Crippen LogP contribution in [0.5, 0.6) is 0 Å². The van der Waals surface area contributed by atoms with E-state index >= 15 is 0 Å². The van der Waals surface area contributed by atoms with Crippen LogP contribution in [-0.2, 0) is 28.6 Å². The van der Waals surface area contributed by atoms with Gasteiger partial charge in [-0.05, 0) is 0 Å². The van der Waals surface area contributed by atoms with Gasteiger partial charge in [0.1, 0.15) is 0 Å². The Morgan fingerprint density at radius 2 is 2.13 bits per heavy atom. The maximum atomic E-state index is 11.2. The van der Waals surface area contributed by atoms with E-state index in [0.717, 1.165) is 0 Å². The molecular formula is C7H5KO7. The first-order valence-electron chi connectivity index (χ1n) is 3.78. The molecule has 1 spiro atoms. The van der Waals surface area contributed by atoms with Crippen LogP contribution in [0.1, 0.15) is 6.42 Å². The third-order valence-electron chi connectivity index (χ3n) is 2.15. The van der Waals surface area contributed by atoms with Crippen molar-refractivity contribution in [3.05, 3.63) is 0 Å². The molecule has 2 aliphatic heterocycles. The Labute approximate surface area is 126 Å². The SMILES string of the molecule is O=C1CC2(OCOC2=O)C(C(=O)[O-])O1.[K+]. The number of cyclic esters (lactones) is 2. The van der Waals surface area contributed by atoms with Crippen molar-refractivity contribution in [1.29, 1.82) is 0 Å². The molecule has 2 atom stereocenters. The predicted octanol–water partition coefficient (Wildman–Crippen LogP) is -5.67. The summed E-state index contributed by atoms with van der Waals surface area (Å²) in [5.74, 6) is -3.40. The quantitative estimate of drug-likeness (QED) is 0.332. The Morgan fingerprint density at radius 3 is 2.60 bits per heavy atom. The zero-order valence-electron chi connectivity index (χ0n) is 7.85. The fourth-order valence-electron chi connectivity index (χ4n) is 1.49. The molecule has 76 valence electrons. The smallest absolute Gasteiger partial charge is 0.546 e. The number of hydrogen-bond donors (Lipinski definition) is 0. The van der Waals surface area contributed by atoms with Gasteiger partial charge in [-0.3, -0.25) is 4.79 Å². The number of carboxylic acid groups (broad SMARTS) is 1. The standard InChI is InChI=1S/C7H6O7.K/c8-3-1-7(4(14-3)5(9)10)6(11)12-2-13-7;/h4H,1-2H2,(H,9,10);/q;+1/p-1. The second kappa shape index (κ2) is 4.48. The normalized spacial score (nSPS) is 33.5. The van der Waals surface area contributed by atoms with Crippen LogP contribution < -0.4 is 56.5 Å². The van der Waals surface area contributed by atoms with Crippen LogP contribution in [0, 0.1) is 0 Å². The molecule has 0 aromatic heterocycles. The summed E-state index contributed by atoms with van der Waals surface area (Å²) in [5, 5.41) is 10.6. The number of carbonyl (C=O) groups is 3. The summed E-state index contributed by atoms with van der Waals surface area (Å²) >= 11 is 0. The topological polar surface area (TPSA) is 102 Å². The van der Waals surface area contributed by atoms with Crippen molar-refractivity contribution in [2.45, 2.75) is 18.1 Å². The summed E-state index contributed by atoms with van der Waals surface area (Å²) in [7, 11) is 0. The van der Waals surface area contributed by atoms with Crippen molar-refractivity contribution >= 4 is 17.9 Å². The Balaban J connectivity index is 0.00000112. The van der Waals surface area contributed by atoms with Crippen LogP contribution in [-0.4, -0.2) is 36.4 Å². The van der Waals surface area contributed by atoms with Gasteiger partial charge in [0.15, 0.2) is 12.9 Å². The predicted molar refractivity (Wildman–Crippen MR) is 34.3 cm³/mol. The van der Waals surface area contributed by atoms with E-state index in [1.807, 2.05) is 0 Å². The van der Waals surface area contributed by atoms with Crippen molar-refractivity contribution in [2.24, 2.45) is 0 Å². The van der Waals surface area contributed by atoms with Crippen molar-refractivity contribution in [2.75, 3.05) is 6.79 Å². The molecule has 0 N–H and O–H groups in total. The van der Waals surface area contributed by atoms with E-state index in [1.165, 1.54) is 0 Å². The molecule has 2 saturated heterocycles. The number of rotatable bonds is 1. The van der Waals surface area contributed by atoms with Gasteiger partial charge in [-0.15, -0.1) is 0 Å². The minimum Gasteiger partial charge on any atom is -0.546 e. The Hall–Kier alpha value is 0.00636. The van der Waals surface area contributed by atoms with Gasteiger partial charge in [0.05, 0.1) is 12.4 Å². The Kier molecular flexibility index (Phi) is 3.90. The second-order valence-electron chi connectivity index (χ2n) is 2.95. The molecule has 0 aromatic rings. The van der Waals surface area contributed by atoms with E-state index in [1.54, 1.807) is 0 Å². The fraction of sp³-hybridized carbons (Fsp3) is 0.571. The molecule has 2 fully saturated rings. The third-order valence-corrected chi connectivity index (χ3v) is 2.15. The number of carboxylic acids is 1. The van der Waals surface area contributed by atoms with Gasteiger partial charge in [-0.2, -0.15) is 0 Å². The van der Waals surface area contributed by atoms with Gasteiger partial charge in [0.25, 0.3) is 0 Å². The number of esters is 2. The molecule has 2 heterocycles. The largest absolute Gasteiger partial charge is 1.00 e. The average Bonchev–Trinajstić information content (AvgIpc) is 2.60. The van der Waals surface area contributed by atoms with Crippen LogP contribution in [0.25, 0.3) is 0 Å². The Bertz CT molecular complexity index is 327. The molecule has 2 unspecified atom stereocenters. The van der Waals surface area contributed by atoms with Crippen LogP contribution in [0.4, 0.5) is 0 Å². The van der Waals surface area contributed by atoms with Crippen LogP contribution >= 0.6 is 0 Å². The van der Waals surface area contributed by atoms with Gasteiger partial charge in [0, 0.05) is 0 Å². The molecule has 0 aromatic carbocycles. The maximum Gasteiger partial charge on any atom is 1.00 e. The first-order chi connectivity index (χ1) is 6.56. The first kappa shape index (κ1) is 13.1. The number of aliphatic carboxylic acids is 1. The monoisotopic (exact) mass is 240 g/mol. The molecule has 0 amide bonds. The zero-order chi connectivity index (χ0) is 10.3. The minimum atomic E-state index is -1.84. The summed E-state index contributed by atoms with van der Waals surface area (Å²) < 4.78 is 13.7. The summed E-state index contributed by atoms with van der Waals surface area (Å²) in [6, 6.07) is 0. The summed E-state index contributed by atoms with van der Waals surface area (Å²) in [4.78, 5) is 32.6. The Morgan fingerprint density at radius 1 is 1.47 bits per heavy atom. The van der Waals surface area contributed by atoms with Crippen LogP contribution in [0.2, 0.25) is 0 Å². The molecular weight excluding hydrogens is 235 g/mol. The number of ether oxygens (including phenoxy) is 3. The van der Waals surface area contributed by atoms with Crippen molar-refractivity contribution in [1.82, 2.24) is 0 Å². The van der Waals surface area contributed by atoms with Gasteiger partial charge in [-0.25, -0.2) is 4.79 Å². The van der Waals surface area contributed by atoms with E-state index in [9.17, 15) is 19.5 Å². The maximum absolute atomic E-state index is 11.2. The molecule has 0 bridgehead atoms. The van der Waals surface area contributed by atoms with E-state index < -0.39 is 36.0 Å². The second-order valence-corrected chi connectivity index (χ2v) is 2.95. The van der Waals surface area contributed by atoms with E-state index in [0.29, 0.717) is 0 Å². The zero-order valence-corrected chi connectivity index (χ0v) is 11.0. The minimum absolute atomic E-state index is 0. The van der Waals surface area contributed by atoms with Gasteiger partial charge in [-0.1, -0.05) is 0 Å². The van der Waals surface area contributed by atoms with Crippen molar-refractivity contribution in [3.63, 3.8) is 0 Å². The van der Waals surface area contributed by atoms with Gasteiger partial charge >= 0.3 is 63.3 Å². The number of hydrogen-bond acceptors (Lipinski definition) is 7. The number of carbonyl (C=O) groups excluding carboxylic acids is 3. The third kappa shape index (κ3) is 1.97. The summed E-state index contributed by atoms with van der Waals surface area (Å²) in [6.45, 7) is -0.376. The van der Waals surface area contributed by atoms with E-state index in [-0.39, 0.29) is 58.2 Å². The van der Waals surface area contributed by atoms with Crippen molar-refractivity contribution < 1.29 is 85.1 Å². The van der Waals surface area contributed by atoms with E-state index in [4.69, 9.17) is 4.74 Å². The summed E-state index contributed by atoms with van der Waals surface area (Å²) in [5.41, 5.74) is -1.84. The van der Waals surface area contributed by atoms with E-state index in [2.05, 4.69) is 9.47 Å². The molecule has 0 radical (unpaired) electrons. The molecule has 8 heteroatoms. The molecule has 2 aliphatic rings. The average molecular weight is 240 g/mol. The first-order valence-corrected chi connectivity index (χ1v) is 3.78.